The first kappa shape index (κ1) is 15.4. The molecule has 1 atom stereocenters. The highest BCUT2D eigenvalue weighted by Crippen LogP contribution is 2.30. The maximum atomic E-state index is 12.4. The minimum atomic E-state index is -4.68. The van der Waals surface area contributed by atoms with E-state index in [1.807, 2.05) is 0 Å². The van der Waals surface area contributed by atoms with Crippen LogP contribution in [-0.2, 0) is 20.8 Å². The van der Waals surface area contributed by atoms with Gasteiger partial charge in [0.05, 0.1) is 16.2 Å². The smallest absolute Gasteiger partial charge is 0.416 e. The van der Waals surface area contributed by atoms with Crippen molar-refractivity contribution in [1.29, 1.82) is 0 Å². The predicted molar refractivity (Wildman–Crippen MR) is 59.1 cm³/mol. The van der Waals surface area contributed by atoms with Gasteiger partial charge >= 0.3 is 12.1 Å². The minimum Gasteiger partial charge on any atom is -0.480 e. The fourth-order valence-electron chi connectivity index (χ4n) is 1.27. The number of nitrogens with two attached hydrogens (primary N) is 1. The number of carboxylic acids is 1. The molecule has 19 heavy (non-hydrogen) atoms. The van der Waals surface area contributed by atoms with E-state index in [2.05, 4.69) is 0 Å². The van der Waals surface area contributed by atoms with Crippen LogP contribution in [0.25, 0.3) is 0 Å². The van der Waals surface area contributed by atoms with Gasteiger partial charge in [0, 0.05) is 0 Å². The van der Waals surface area contributed by atoms with Crippen LogP contribution in [0.2, 0.25) is 0 Å². The summed E-state index contributed by atoms with van der Waals surface area (Å²) in [6.07, 6.45) is -4.68. The largest absolute Gasteiger partial charge is 0.480 e. The Kier molecular flexibility index (Phi) is 4.21. The van der Waals surface area contributed by atoms with Gasteiger partial charge in [0.1, 0.15) is 6.04 Å². The van der Waals surface area contributed by atoms with E-state index in [1.165, 1.54) is 0 Å². The van der Waals surface area contributed by atoms with Gasteiger partial charge in [0.2, 0.25) is 0 Å². The zero-order valence-corrected chi connectivity index (χ0v) is 10.2. The first-order chi connectivity index (χ1) is 8.54. The number of halogens is 3. The second-order valence-corrected chi connectivity index (χ2v) is 5.79. The number of hydrogen-bond donors (Lipinski definition) is 2. The molecular weight excluding hydrogens is 287 g/mol. The molecule has 0 bridgehead atoms. The average Bonchev–Trinajstić information content (AvgIpc) is 2.27. The van der Waals surface area contributed by atoms with Crippen LogP contribution < -0.4 is 5.73 Å². The summed E-state index contributed by atoms with van der Waals surface area (Å²) in [4.78, 5) is 9.85. The lowest BCUT2D eigenvalue weighted by Gasteiger charge is -2.11. The molecule has 0 saturated heterocycles. The van der Waals surface area contributed by atoms with Crippen molar-refractivity contribution < 1.29 is 31.5 Å². The summed E-state index contributed by atoms with van der Waals surface area (Å²) >= 11 is 0. The Morgan fingerprint density at radius 3 is 2.42 bits per heavy atom. The van der Waals surface area contributed by atoms with E-state index in [1.54, 1.807) is 0 Å². The number of sulfone groups is 1. The number of aliphatic carboxylic acids is 1. The highest BCUT2D eigenvalue weighted by molar-refractivity contribution is 7.91. The summed E-state index contributed by atoms with van der Waals surface area (Å²) in [7, 11) is -4.19. The molecule has 0 spiro atoms. The van der Waals surface area contributed by atoms with Crippen LogP contribution in [0.3, 0.4) is 0 Å². The molecule has 106 valence electrons. The summed E-state index contributed by atoms with van der Waals surface area (Å²) < 4.78 is 60.7. The summed E-state index contributed by atoms with van der Waals surface area (Å²) in [5.41, 5.74) is 3.94. The molecule has 5 nitrogen and oxygen atoms in total. The van der Waals surface area contributed by atoms with E-state index < -0.39 is 44.2 Å². The molecule has 0 heterocycles. The van der Waals surface area contributed by atoms with Crippen LogP contribution >= 0.6 is 0 Å². The van der Waals surface area contributed by atoms with Crippen molar-refractivity contribution in [3.63, 3.8) is 0 Å². The molecule has 0 radical (unpaired) electrons. The Morgan fingerprint density at radius 2 is 1.95 bits per heavy atom. The number of alkyl halides is 3. The van der Waals surface area contributed by atoms with Crippen LogP contribution in [-0.4, -0.2) is 31.3 Å². The molecular formula is C10H10F3NO4S. The molecule has 0 amide bonds. The Hall–Kier alpha value is -1.61. The molecule has 0 aliphatic rings. The molecule has 0 saturated carbocycles. The van der Waals surface area contributed by atoms with Crippen molar-refractivity contribution in [2.75, 3.05) is 5.75 Å². The molecule has 3 N–H and O–H groups in total. The van der Waals surface area contributed by atoms with E-state index in [-0.39, 0.29) is 0 Å². The molecule has 1 aromatic carbocycles. The summed E-state index contributed by atoms with van der Waals surface area (Å²) in [5, 5.41) is 8.51. The fraction of sp³-hybridized carbons (Fsp3) is 0.300. The molecule has 0 aliphatic heterocycles. The van der Waals surface area contributed by atoms with Crippen LogP contribution in [0, 0.1) is 0 Å². The van der Waals surface area contributed by atoms with Crippen LogP contribution in [0.15, 0.2) is 29.2 Å². The Labute approximate surface area is 106 Å². The molecule has 1 rings (SSSR count). The number of carboxylic acid groups (broad SMARTS) is 1. The van der Waals surface area contributed by atoms with Gasteiger partial charge < -0.3 is 10.8 Å². The monoisotopic (exact) mass is 297 g/mol. The van der Waals surface area contributed by atoms with E-state index in [0.717, 1.165) is 18.2 Å². The van der Waals surface area contributed by atoms with Crippen molar-refractivity contribution in [2.24, 2.45) is 5.73 Å². The van der Waals surface area contributed by atoms with Crippen LogP contribution in [0.5, 0.6) is 0 Å². The van der Waals surface area contributed by atoms with Gasteiger partial charge in [-0.25, -0.2) is 8.42 Å². The minimum absolute atomic E-state index is 0.448. The van der Waals surface area contributed by atoms with Crippen molar-refractivity contribution in [3.8, 4) is 0 Å². The highest BCUT2D eigenvalue weighted by Gasteiger charge is 2.32. The Balaban J connectivity index is 3.13. The number of hydrogen-bond acceptors (Lipinski definition) is 4. The van der Waals surface area contributed by atoms with E-state index in [4.69, 9.17) is 10.8 Å². The van der Waals surface area contributed by atoms with Crippen molar-refractivity contribution in [1.82, 2.24) is 0 Å². The zero-order chi connectivity index (χ0) is 14.8. The van der Waals surface area contributed by atoms with Gasteiger partial charge in [0.15, 0.2) is 9.84 Å². The summed E-state index contributed by atoms with van der Waals surface area (Å²) in [6, 6.07) is 1.36. The second kappa shape index (κ2) is 5.17. The standard InChI is InChI=1S/C10H10F3NO4S/c11-10(12,13)6-2-1-3-7(4-6)19(17,18)5-8(14)9(15)16/h1-4,8H,5,14H2,(H,15,16). The molecule has 0 fully saturated rings. The van der Waals surface area contributed by atoms with Gasteiger partial charge in [0.25, 0.3) is 0 Å². The van der Waals surface area contributed by atoms with Crippen molar-refractivity contribution >= 4 is 15.8 Å². The maximum absolute atomic E-state index is 12.4. The quantitative estimate of drug-likeness (QED) is 0.860. The summed E-state index contributed by atoms with van der Waals surface area (Å²) in [5.74, 6) is -2.51. The third-order valence-corrected chi connectivity index (χ3v) is 4.01. The Morgan fingerprint density at radius 1 is 1.37 bits per heavy atom. The predicted octanol–water partition coefficient (Wildman–Crippen LogP) is 0.891. The summed E-state index contributed by atoms with van der Waals surface area (Å²) in [6.45, 7) is 0. The number of rotatable bonds is 4. The van der Waals surface area contributed by atoms with E-state index in [0.29, 0.717) is 6.07 Å². The van der Waals surface area contributed by atoms with Crippen molar-refractivity contribution in [2.45, 2.75) is 17.1 Å². The van der Waals surface area contributed by atoms with Gasteiger partial charge in [-0.05, 0) is 18.2 Å². The Bertz CT molecular complexity index is 583. The first-order valence-electron chi connectivity index (χ1n) is 4.92. The SMILES string of the molecule is NC(CS(=O)(=O)c1cccc(C(F)(F)F)c1)C(=O)O. The molecule has 0 aliphatic carbocycles. The lowest BCUT2D eigenvalue weighted by molar-refractivity contribution is -0.138. The third-order valence-electron chi connectivity index (χ3n) is 2.24. The normalized spacial score (nSPS) is 14.1. The van der Waals surface area contributed by atoms with E-state index >= 15 is 0 Å². The lowest BCUT2D eigenvalue weighted by Crippen LogP contribution is -2.37. The average molecular weight is 297 g/mol. The van der Waals surface area contributed by atoms with Crippen LogP contribution in [0.4, 0.5) is 13.2 Å². The number of carbonyl (C=O) groups is 1. The molecule has 1 aromatic rings. The number of benzene rings is 1. The lowest BCUT2D eigenvalue weighted by atomic mass is 10.2. The molecule has 0 aromatic heterocycles. The highest BCUT2D eigenvalue weighted by atomic mass is 32.2. The van der Waals surface area contributed by atoms with Crippen LogP contribution in [0.1, 0.15) is 5.56 Å². The third kappa shape index (κ3) is 3.93. The maximum Gasteiger partial charge on any atom is 0.416 e. The van der Waals surface area contributed by atoms with Gasteiger partial charge in [-0.1, -0.05) is 6.07 Å². The van der Waals surface area contributed by atoms with E-state index in [9.17, 15) is 26.4 Å². The first-order valence-corrected chi connectivity index (χ1v) is 6.57. The van der Waals surface area contributed by atoms with Gasteiger partial charge in [-0.3, -0.25) is 4.79 Å². The molecule has 1 unspecified atom stereocenters. The van der Waals surface area contributed by atoms with Crippen molar-refractivity contribution in [3.05, 3.63) is 29.8 Å². The fourth-order valence-corrected chi connectivity index (χ4v) is 2.67. The topological polar surface area (TPSA) is 97.5 Å². The molecule has 9 heteroatoms. The van der Waals surface area contributed by atoms with Gasteiger partial charge in [-0.15, -0.1) is 0 Å². The second-order valence-electron chi connectivity index (χ2n) is 3.75. The zero-order valence-electron chi connectivity index (χ0n) is 9.39. The van der Waals surface area contributed by atoms with Gasteiger partial charge in [-0.2, -0.15) is 13.2 Å².